The maximum atomic E-state index is 13.4. The van der Waals surface area contributed by atoms with Crippen LogP contribution in [0.1, 0.15) is 76.6 Å². The lowest BCUT2D eigenvalue weighted by molar-refractivity contribution is -0.170. The van der Waals surface area contributed by atoms with E-state index in [9.17, 15) is 117 Å². The van der Waals surface area contributed by atoms with E-state index in [2.05, 4.69) is 29.0 Å². The van der Waals surface area contributed by atoms with Crippen LogP contribution in [0.5, 0.6) is 0 Å². The molecule has 3 heterocycles. The van der Waals surface area contributed by atoms with E-state index >= 15 is 0 Å². The van der Waals surface area contributed by atoms with Gasteiger partial charge in [-0.2, -0.15) is 79.0 Å². The van der Waals surface area contributed by atoms with Crippen molar-refractivity contribution in [2.45, 2.75) is 92.6 Å². The highest BCUT2D eigenvalue weighted by Gasteiger charge is 2.46. The first-order chi connectivity index (χ1) is 68.2. The van der Waals surface area contributed by atoms with Crippen molar-refractivity contribution in [2.75, 3.05) is 31.3 Å². The highest BCUT2D eigenvalue weighted by atomic mass is 32.2. The van der Waals surface area contributed by atoms with Crippen molar-refractivity contribution in [2.24, 2.45) is 0 Å². The second-order valence-corrected chi connectivity index (χ2v) is 36.5. The predicted octanol–water partition coefficient (Wildman–Crippen LogP) is 30.9. The summed E-state index contributed by atoms with van der Waals surface area (Å²) in [6.07, 6.45) is -17.1. The summed E-state index contributed by atoms with van der Waals surface area (Å²) in [5, 5.41) is 20.4. The Hall–Kier alpha value is -13.7. The second-order valence-electron chi connectivity index (χ2n) is 29.9. The molecule has 0 radical (unpaired) electrons. The van der Waals surface area contributed by atoms with Crippen LogP contribution in [0.4, 0.5) is 79.0 Å². The highest BCUT2D eigenvalue weighted by molar-refractivity contribution is 8.13. The van der Waals surface area contributed by atoms with E-state index < -0.39 is 93.5 Å². The molecule has 0 bridgehead atoms. The highest BCUT2D eigenvalue weighted by Crippen LogP contribution is 2.47. The lowest BCUT2D eigenvalue weighted by Gasteiger charge is -2.16. The number of benzene rings is 12. The van der Waals surface area contributed by atoms with Gasteiger partial charge in [-0.1, -0.05) is 289 Å². The molecule has 15 nitrogen and oxygen atoms in total. The van der Waals surface area contributed by atoms with Crippen LogP contribution in [0.25, 0.3) is 90.1 Å². The quantitative estimate of drug-likeness (QED) is 0.0143. The first-order valence-electron chi connectivity index (χ1n) is 42.1. The van der Waals surface area contributed by atoms with Gasteiger partial charge in [0, 0.05) is 78.4 Å². The number of carbonyl (C=O) groups is 5. The monoisotopic (exact) mass is 2110 g/mol. The molecule has 0 unspecified atom stereocenters. The van der Waals surface area contributed by atoms with Crippen LogP contribution >= 0.6 is 58.8 Å². The number of ketones is 3. The van der Waals surface area contributed by atoms with E-state index in [1.165, 1.54) is 132 Å². The minimum absolute atomic E-state index is 0. The van der Waals surface area contributed by atoms with Gasteiger partial charge in [-0.3, -0.25) is 34.7 Å². The number of alkyl halides is 18. The van der Waals surface area contributed by atoms with Gasteiger partial charge in [0.25, 0.3) is 11.6 Å². The Bertz CT molecular complexity index is 6890. The molecule has 0 amide bonds. The molecule has 2 N–H and O–H groups in total. The number of aromatic nitrogens is 3. The topological polar surface area (TPSA) is 230 Å². The summed E-state index contributed by atoms with van der Waals surface area (Å²) < 4.78 is 269. The third-order valence-corrected chi connectivity index (χ3v) is 24.9. The van der Waals surface area contributed by atoms with E-state index in [1.807, 2.05) is 68.3 Å². The third-order valence-electron chi connectivity index (χ3n) is 19.8. The fourth-order valence-electron chi connectivity index (χ4n) is 13.0. The molecule has 0 fully saturated rings. The predicted molar refractivity (Wildman–Crippen MR) is 526 cm³/mol. The van der Waals surface area contributed by atoms with Gasteiger partial charge >= 0.3 is 37.1 Å². The smallest absolute Gasteiger partial charge is 0.350 e. The van der Waals surface area contributed by atoms with E-state index in [-0.39, 0.29) is 73.2 Å². The molecular weight excluding hydrogens is 2030 g/mol. The Kier molecular flexibility index (Phi) is 41.5. The number of hydrogen-bond acceptors (Lipinski definition) is 20. The first-order valence-corrected chi connectivity index (χ1v) is 49.7. The number of Topliss-reactive ketones (excluding diaryl/α,β-unsaturated/α-hetero) is 3. The van der Waals surface area contributed by atoms with Gasteiger partial charge in [0.1, 0.15) is 23.4 Å². The van der Waals surface area contributed by atoms with E-state index in [0.29, 0.717) is 50.9 Å². The van der Waals surface area contributed by atoms with Crippen LogP contribution in [-0.4, -0.2) is 108 Å². The van der Waals surface area contributed by atoms with E-state index in [0.717, 1.165) is 55.9 Å². The number of hydroxylamine groups is 1. The minimum Gasteiger partial charge on any atom is -0.350 e. The molecule has 144 heavy (non-hydrogen) atoms. The van der Waals surface area contributed by atoms with Crippen LogP contribution in [0.15, 0.2) is 371 Å². The number of nitrogens with one attached hydrogen (secondary N) is 1. The molecule has 12 aromatic carbocycles. The largest absolute Gasteiger partial charge is 0.454 e. The van der Waals surface area contributed by atoms with Gasteiger partial charge in [-0.15, -0.1) is 47.0 Å². The van der Waals surface area contributed by atoms with Gasteiger partial charge < -0.3 is 13.6 Å². The third kappa shape index (κ3) is 33.2. The number of halogens is 18. The Balaban J connectivity index is 0.000000210. The molecule has 15 aromatic rings. The van der Waals surface area contributed by atoms with Crippen molar-refractivity contribution >= 4 is 120 Å². The van der Waals surface area contributed by atoms with E-state index in [1.54, 1.807) is 223 Å². The van der Waals surface area contributed by atoms with Crippen LogP contribution < -0.4 is 5.48 Å². The van der Waals surface area contributed by atoms with Crippen LogP contribution in [0.3, 0.4) is 0 Å². The van der Waals surface area contributed by atoms with Crippen molar-refractivity contribution in [1.82, 2.24) is 21.0 Å². The fourth-order valence-corrected chi connectivity index (χ4v) is 16.1. The number of carbonyl (C=O) groups excluding carboxylic acids is 5. The first kappa shape index (κ1) is 114. The lowest BCUT2D eigenvalue weighted by Crippen LogP contribution is -2.26. The van der Waals surface area contributed by atoms with Gasteiger partial charge in [0.15, 0.2) is 15.0 Å². The standard InChI is InChI=1S/C20H16F3NO2S.C17H12F3NO3S.C17H14F3NO2S.C17H12F3NOS.C17H13F3OS.C9H7F3O.C8H8OS.H2/c1-2-6-16(25)27-15-11-9-14(10-12-15)18-17(13-7-4-3-5-8-13)19(26-24-18)20(21,22)23;1-25(22,23)13-9-7-12(8-10-13)15-14(11-5-3-2-4-6-11)16(24-21-15)17(18,19)20;1-24-13-9-7-12(8-10-13)15(21-23)14(16(22)17(18,19)20)11-5-3-2-4-6-11;1-23-13-9-7-12(8-10-13)15-14(11-5-3-2-4-6-11)16(22-21-15)17(18,19)20;1-22-14-9-7-12(8-10-14)11-15(16(21)17(18,19)20)13-5-3-2-4-6-13;10-9(11,12)8(13)6-7-4-2-1-3-5-7;1-10-8-4-2-7(6-9)3-5-8;/h3-5,7-12H,2,6H2,1H3;2-10H,1H3;2-10,21,23H,1H3;2-10H,1H3;2-11H,1H3;1-5H,6H2;2-6H,1H3;1H/b;;15-14-;;15-11+;;;/i;1-1;;;;;;1+1. The minimum atomic E-state index is -5.06. The van der Waals surface area contributed by atoms with Gasteiger partial charge in [0.05, 0.1) is 32.9 Å². The van der Waals surface area contributed by atoms with Gasteiger partial charge in [0.2, 0.25) is 23.1 Å². The molecule has 0 atom stereocenters. The van der Waals surface area contributed by atoms with Crippen LogP contribution in [-0.2, 0) is 54.0 Å². The molecule has 0 saturated heterocycles. The molecule has 0 aliphatic carbocycles. The number of rotatable bonds is 24. The Morgan fingerprint density at radius 2 is 0.688 bits per heavy atom. The summed E-state index contributed by atoms with van der Waals surface area (Å²) in [5.41, 5.74) is 5.21. The molecule has 0 saturated carbocycles. The van der Waals surface area contributed by atoms with E-state index in [4.69, 9.17) is 0 Å². The Morgan fingerprint density at radius 3 is 1.00 bits per heavy atom. The molecule has 3 aromatic heterocycles. The Morgan fingerprint density at radius 1 is 0.375 bits per heavy atom. The molecule has 0 spiro atoms. The van der Waals surface area contributed by atoms with Crippen molar-refractivity contribution in [3.63, 3.8) is 0 Å². The molecule has 0 aliphatic heterocycles. The molecular formula is C105H84F18N4O11S6. The average molecular weight is 2110 g/mol. The number of aldehydes is 1. The summed E-state index contributed by atoms with van der Waals surface area (Å²) >= 11 is 7.35. The van der Waals surface area contributed by atoms with Gasteiger partial charge in [-0.25, -0.2) is 8.42 Å². The van der Waals surface area contributed by atoms with Crippen molar-refractivity contribution < 1.29 is 132 Å². The summed E-state index contributed by atoms with van der Waals surface area (Å²) in [4.78, 5) is 61.0. The van der Waals surface area contributed by atoms with Crippen molar-refractivity contribution in [3.8, 4) is 67.2 Å². The second kappa shape index (κ2) is 52.5. The SMILES string of the molecule is CCCC(=O)Sc1ccc(-c2noc(C(F)(F)F)c2-c2ccccc2)cc1.CSc1ccc(-c2noc(C(F)(F)F)c2-c2ccccc2)cc1.CSc1ccc(/C(NO)=C(/C(=O)C(F)(F)F)c2ccccc2)cc1.CSc1ccc(/C=C(/C(=O)C(F)(F)F)c2ccccc2)cc1.CSc1ccc(C=O)cc1.O=C(Cc1ccccc1)C(F)(F)F.[11CH3]S(=O)(=O)c1ccc(-c2noc(C(F)(F)F)c2-c2ccccc2)cc1.[2HH]. The molecule has 15 rings (SSSR count). The normalized spacial score (nSPS) is 11.8. The fraction of sp³-hybridized carbons (Fsp3) is 0.143. The number of hydrogen-bond donors (Lipinski definition) is 2. The number of sulfone groups is 1. The molecule has 752 valence electrons. The number of nitrogens with zero attached hydrogens (tertiary/aromatic N) is 3. The zero-order chi connectivity index (χ0) is 105. The zero-order valence-corrected chi connectivity index (χ0v) is 81.0. The van der Waals surface area contributed by atoms with Crippen molar-refractivity contribution in [1.29, 1.82) is 0 Å². The van der Waals surface area contributed by atoms with Crippen LogP contribution in [0.2, 0.25) is 0 Å². The molecule has 0 aliphatic rings. The van der Waals surface area contributed by atoms with Crippen LogP contribution in [0, 0.1) is 0 Å². The lowest BCUT2D eigenvalue weighted by atomic mass is 9.96. The number of thioether (sulfide) groups is 5. The van der Waals surface area contributed by atoms with Crippen molar-refractivity contribution in [3.05, 3.63) is 378 Å². The maximum absolute atomic E-state index is 13.4. The molecule has 39 heteroatoms. The number of allylic oxidation sites excluding steroid dienone is 2. The van der Waals surface area contributed by atoms with Gasteiger partial charge in [-0.05, 0) is 149 Å². The average Bonchev–Trinajstić information content (AvgIpc) is 1.28. The maximum Gasteiger partial charge on any atom is 0.454 e. The summed E-state index contributed by atoms with van der Waals surface area (Å²) in [6, 6.07) is 87.9. The zero-order valence-electron chi connectivity index (χ0n) is 76.1. The Labute approximate surface area is 836 Å². The summed E-state index contributed by atoms with van der Waals surface area (Å²) in [7, 11) is -3.41. The summed E-state index contributed by atoms with van der Waals surface area (Å²) in [5.74, 6) is -8.97. The summed E-state index contributed by atoms with van der Waals surface area (Å²) in [6.45, 7) is 1.93.